The van der Waals surface area contributed by atoms with Crippen LogP contribution in [0.4, 0.5) is 5.69 Å². The highest BCUT2D eigenvalue weighted by Gasteiger charge is 2.15. The zero-order chi connectivity index (χ0) is 21.5. The van der Waals surface area contributed by atoms with E-state index in [1.54, 1.807) is 12.1 Å². The summed E-state index contributed by atoms with van der Waals surface area (Å²) < 4.78 is 16.6. The third-order valence-electron chi connectivity index (χ3n) is 4.37. The number of benzene rings is 3. The van der Waals surface area contributed by atoms with Crippen LogP contribution in [0.2, 0.25) is 0 Å². The average molecular weight is 415 g/mol. The smallest absolute Gasteiger partial charge is 0.262 e. The maximum Gasteiger partial charge on any atom is 0.262 e. The molecule has 0 aliphatic heterocycles. The third-order valence-corrected chi connectivity index (χ3v) is 4.37. The van der Waals surface area contributed by atoms with Gasteiger partial charge < -0.3 is 19.3 Å². The maximum atomic E-state index is 12.4. The Labute approximate surface area is 179 Å². The van der Waals surface area contributed by atoms with Gasteiger partial charge in [-0.25, -0.2) is 0 Å². The standard InChI is InChI=1S/C24H21N3O4/c1-17-8-7-11-19(14-17)30-16-23(28)25-21-13-6-5-12-20(21)24-26-22(27-31-24)15-29-18-9-3-2-4-10-18/h2-14H,15-16H2,1H3,(H,25,28). The normalized spacial score (nSPS) is 10.5. The van der Waals surface area contributed by atoms with Crippen LogP contribution < -0.4 is 14.8 Å². The van der Waals surface area contributed by atoms with E-state index >= 15 is 0 Å². The molecule has 0 bridgehead atoms. The van der Waals surface area contributed by atoms with E-state index in [1.807, 2.05) is 73.7 Å². The molecule has 1 heterocycles. The van der Waals surface area contributed by atoms with Gasteiger partial charge in [0.2, 0.25) is 5.82 Å². The first-order chi connectivity index (χ1) is 15.2. The summed E-state index contributed by atoms with van der Waals surface area (Å²) in [6.07, 6.45) is 0. The molecule has 156 valence electrons. The Morgan fingerprint density at radius 1 is 0.935 bits per heavy atom. The molecule has 7 nitrogen and oxygen atoms in total. The topological polar surface area (TPSA) is 86.5 Å². The van der Waals surface area contributed by atoms with E-state index in [0.717, 1.165) is 11.3 Å². The fraction of sp³-hybridized carbons (Fsp3) is 0.125. The molecule has 0 aliphatic rings. The van der Waals surface area contributed by atoms with Crippen molar-refractivity contribution in [3.05, 3.63) is 90.3 Å². The van der Waals surface area contributed by atoms with Gasteiger partial charge in [-0.2, -0.15) is 4.98 Å². The van der Waals surface area contributed by atoms with Gasteiger partial charge in [-0.05, 0) is 48.9 Å². The number of carbonyl (C=O) groups is 1. The second-order valence-corrected chi connectivity index (χ2v) is 6.82. The molecule has 4 rings (SSSR count). The van der Waals surface area contributed by atoms with Crippen LogP contribution in [-0.4, -0.2) is 22.7 Å². The largest absolute Gasteiger partial charge is 0.485 e. The van der Waals surface area contributed by atoms with Crippen LogP contribution in [0.5, 0.6) is 11.5 Å². The van der Waals surface area contributed by atoms with E-state index in [9.17, 15) is 4.79 Å². The lowest BCUT2D eigenvalue weighted by atomic mass is 10.1. The summed E-state index contributed by atoms with van der Waals surface area (Å²) in [5.41, 5.74) is 2.23. The van der Waals surface area contributed by atoms with Gasteiger partial charge in [-0.15, -0.1) is 0 Å². The van der Waals surface area contributed by atoms with Gasteiger partial charge in [0.1, 0.15) is 11.5 Å². The van der Waals surface area contributed by atoms with Crippen molar-refractivity contribution in [1.82, 2.24) is 10.1 Å². The Hall–Kier alpha value is -4.13. The molecule has 0 saturated carbocycles. The summed E-state index contributed by atoms with van der Waals surface area (Å²) in [5, 5.41) is 6.80. The molecule has 0 fully saturated rings. The molecule has 0 atom stereocenters. The van der Waals surface area contributed by atoms with Crippen molar-refractivity contribution in [2.24, 2.45) is 0 Å². The van der Waals surface area contributed by atoms with Crippen molar-refractivity contribution in [1.29, 1.82) is 0 Å². The van der Waals surface area contributed by atoms with Crippen LogP contribution >= 0.6 is 0 Å². The quantitative estimate of drug-likeness (QED) is 0.451. The van der Waals surface area contributed by atoms with Crippen molar-refractivity contribution in [3.8, 4) is 23.0 Å². The molecule has 0 unspecified atom stereocenters. The number of para-hydroxylation sites is 2. The van der Waals surface area contributed by atoms with Crippen molar-refractivity contribution < 1.29 is 18.8 Å². The fourth-order valence-electron chi connectivity index (χ4n) is 2.91. The van der Waals surface area contributed by atoms with Gasteiger partial charge in [-0.1, -0.05) is 47.6 Å². The van der Waals surface area contributed by atoms with E-state index in [4.69, 9.17) is 14.0 Å². The van der Waals surface area contributed by atoms with Gasteiger partial charge in [-0.3, -0.25) is 4.79 Å². The molecule has 0 radical (unpaired) electrons. The summed E-state index contributed by atoms with van der Waals surface area (Å²) in [6.45, 7) is 2.02. The van der Waals surface area contributed by atoms with E-state index < -0.39 is 0 Å². The third kappa shape index (κ3) is 5.48. The summed E-state index contributed by atoms with van der Waals surface area (Å²) in [4.78, 5) is 16.8. The average Bonchev–Trinajstić information content (AvgIpc) is 3.26. The van der Waals surface area contributed by atoms with Gasteiger partial charge >= 0.3 is 0 Å². The number of anilines is 1. The minimum atomic E-state index is -0.291. The predicted molar refractivity (Wildman–Crippen MR) is 116 cm³/mol. The molecule has 4 aromatic rings. The number of ether oxygens (including phenoxy) is 2. The molecule has 3 aromatic carbocycles. The fourth-order valence-corrected chi connectivity index (χ4v) is 2.91. The number of amides is 1. The van der Waals surface area contributed by atoms with E-state index in [1.165, 1.54) is 0 Å². The van der Waals surface area contributed by atoms with E-state index in [2.05, 4.69) is 15.5 Å². The number of nitrogens with one attached hydrogen (secondary N) is 1. The Kier molecular flexibility index (Phi) is 6.23. The number of aromatic nitrogens is 2. The minimum Gasteiger partial charge on any atom is -0.485 e. The number of aryl methyl sites for hydroxylation is 1. The number of nitrogens with zero attached hydrogens (tertiary/aromatic N) is 2. The molecular weight excluding hydrogens is 394 g/mol. The summed E-state index contributed by atoms with van der Waals surface area (Å²) in [6, 6.07) is 24.1. The monoisotopic (exact) mass is 415 g/mol. The number of hydrogen-bond acceptors (Lipinski definition) is 6. The van der Waals surface area contributed by atoms with E-state index in [-0.39, 0.29) is 19.1 Å². The lowest BCUT2D eigenvalue weighted by molar-refractivity contribution is -0.118. The number of hydrogen-bond donors (Lipinski definition) is 1. The molecule has 1 N–H and O–H groups in total. The first kappa shape index (κ1) is 20.2. The van der Waals surface area contributed by atoms with Crippen molar-refractivity contribution >= 4 is 11.6 Å². The van der Waals surface area contributed by atoms with Gasteiger partial charge in [0.15, 0.2) is 13.2 Å². The molecule has 0 saturated heterocycles. The van der Waals surface area contributed by atoms with Crippen LogP contribution in [0.1, 0.15) is 11.4 Å². The highest BCUT2D eigenvalue weighted by Crippen LogP contribution is 2.26. The van der Waals surface area contributed by atoms with E-state index in [0.29, 0.717) is 28.7 Å². The molecule has 1 amide bonds. The first-order valence-electron chi connectivity index (χ1n) is 9.76. The second kappa shape index (κ2) is 9.58. The first-order valence-corrected chi connectivity index (χ1v) is 9.76. The number of rotatable bonds is 8. The van der Waals surface area contributed by atoms with Crippen molar-refractivity contribution in [2.75, 3.05) is 11.9 Å². The number of carbonyl (C=O) groups excluding carboxylic acids is 1. The molecule has 1 aromatic heterocycles. The Bertz CT molecular complexity index is 1160. The van der Waals surface area contributed by atoms with Crippen LogP contribution in [0, 0.1) is 6.92 Å². The van der Waals surface area contributed by atoms with Gasteiger partial charge in [0.25, 0.3) is 11.8 Å². The van der Waals surface area contributed by atoms with Gasteiger partial charge in [0, 0.05) is 0 Å². The molecule has 0 aliphatic carbocycles. The predicted octanol–water partition coefficient (Wildman–Crippen LogP) is 4.64. The van der Waals surface area contributed by atoms with Crippen LogP contribution in [0.25, 0.3) is 11.5 Å². The molecular formula is C24H21N3O4. The molecule has 31 heavy (non-hydrogen) atoms. The molecule has 0 spiro atoms. The van der Waals surface area contributed by atoms with Gasteiger partial charge in [0.05, 0.1) is 11.3 Å². The lowest BCUT2D eigenvalue weighted by Crippen LogP contribution is -2.20. The lowest BCUT2D eigenvalue weighted by Gasteiger charge is -2.10. The minimum absolute atomic E-state index is 0.113. The highest BCUT2D eigenvalue weighted by molar-refractivity contribution is 5.95. The van der Waals surface area contributed by atoms with Crippen LogP contribution in [0.3, 0.4) is 0 Å². The maximum absolute atomic E-state index is 12.4. The summed E-state index contributed by atoms with van der Waals surface area (Å²) in [5.74, 6) is 1.77. The second-order valence-electron chi connectivity index (χ2n) is 6.82. The summed E-state index contributed by atoms with van der Waals surface area (Å²) in [7, 11) is 0. The Morgan fingerprint density at radius 2 is 1.71 bits per heavy atom. The van der Waals surface area contributed by atoms with Crippen molar-refractivity contribution in [3.63, 3.8) is 0 Å². The SMILES string of the molecule is Cc1cccc(OCC(=O)Nc2ccccc2-c2nc(COc3ccccc3)no2)c1. The highest BCUT2D eigenvalue weighted by atomic mass is 16.5. The Morgan fingerprint density at radius 3 is 2.55 bits per heavy atom. The zero-order valence-electron chi connectivity index (χ0n) is 16.9. The Balaban J connectivity index is 1.40. The van der Waals surface area contributed by atoms with Crippen LogP contribution in [0.15, 0.2) is 83.4 Å². The van der Waals surface area contributed by atoms with Crippen LogP contribution in [-0.2, 0) is 11.4 Å². The zero-order valence-corrected chi connectivity index (χ0v) is 16.9. The molecule has 7 heteroatoms. The van der Waals surface area contributed by atoms with Crippen molar-refractivity contribution in [2.45, 2.75) is 13.5 Å². The summed E-state index contributed by atoms with van der Waals surface area (Å²) >= 11 is 0.